The first-order valence-electron chi connectivity index (χ1n) is 7.36. The Morgan fingerprint density at radius 2 is 2.00 bits per heavy atom. The molecule has 0 N–H and O–H groups in total. The number of amides is 1. The molecule has 2 rings (SSSR count). The summed E-state index contributed by atoms with van der Waals surface area (Å²) in [5.41, 5.74) is 1.81. The first-order chi connectivity index (χ1) is 11.4. The van der Waals surface area contributed by atoms with Gasteiger partial charge in [-0.3, -0.25) is 4.79 Å². The summed E-state index contributed by atoms with van der Waals surface area (Å²) < 4.78 is 11.8. The van der Waals surface area contributed by atoms with Crippen molar-refractivity contribution in [1.82, 2.24) is 4.90 Å². The largest absolute Gasteiger partial charge is 0.496 e. The van der Waals surface area contributed by atoms with E-state index in [2.05, 4.69) is 15.9 Å². The summed E-state index contributed by atoms with van der Waals surface area (Å²) in [5.74, 6) is 1.14. The lowest BCUT2D eigenvalue weighted by atomic mass is 10.2. The summed E-state index contributed by atoms with van der Waals surface area (Å²) in [5, 5.41) is 0.474. The molecule has 0 aliphatic carbocycles. The fraction of sp³-hybridized carbons (Fsp3) is 0.278. The predicted molar refractivity (Wildman–Crippen MR) is 98.9 cm³/mol. The van der Waals surface area contributed by atoms with E-state index in [0.717, 1.165) is 21.3 Å². The molecular formula is C18H19BrClNO3. The molecule has 0 saturated heterocycles. The summed E-state index contributed by atoms with van der Waals surface area (Å²) in [6.07, 6.45) is 0. The molecule has 0 aliphatic heterocycles. The summed E-state index contributed by atoms with van der Waals surface area (Å²) in [6, 6.07) is 11.2. The number of para-hydroxylation sites is 1. The fourth-order valence-electron chi connectivity index (χ4n) is 2.29. The molecule has 2 aromatic carbocycles. The molecule has 0 aromatic heterocycles. The SMILES string of the molecule is COc1ccccc1CN(C)C(=O)COc1c(C)cc(Br)cc1Cl. The Morgan fingerprint density at radius 1 is 1.29 bits per heavy atom. The molecule has 0 bridgehead atoms. The van der Waals surface area contributed by atoms with Gasteiger partial charge in [0.2, 0.25) is 0 Å². The minimum Gasteiger partial charge on any atom is -0.496 e. The molecule has 0 heterocycles. The summed E-state index contributed by atoms with van der Waals surface area (Å²) in [4.78, 5) is 13.9. The number of nitrogens with zero attached hydrogens (tertiary/aromatic N) is 1. The molecule has 0 unspecified atom stereocenters. The van der Waals surface area contributed by atoms with Gasteiger partial charge >= 0.3 is 0 Å². The molecular weight excluding hydrogens is 394 g/mol. The van der Waals surface area contributed by atoms with Crippen molar-refractivity contribution in [3.63, 3.8) is 0 Å². The van der Waals surface area contributed by atoms with Crippen LogP contribution in [0, 0.1) is 6.92 Å². The van der Waals surface area contributed by atoms with Crippen LogP contribution in [0.2, 0.25) is 5.02 Å². The second-order valence-corrected chi connectivity index (χ2v) is 6.71. The maximum atomic E-state index is 12.3. The maximum absolute atomic E-state index is 12.3. The number of methoxy groups -OCH3 is 1. The van der Waals surface area contributed by atoms with Crippen molar-refractivity contribution in [3.05, 3.63) is 57.0 Å². The van der Waals surface area contributed by atoms with Crippen LogP contribution in [0.1, 0.15) is 11.1 Å². The summed E-state index contributed by atoms with van der Waals surface area (Å²) in [6.45, 7) is 2.25. The van der Waals surface area contributed by atoms with Gasteiger partial charge in [-0.05, 0) is 30.7 Å². The van der Waals surface area contributed by atoms with E-state index in [1.807, 2.05) is 37.3 Å². The van der Waals surface area contributed by atoms with E-state index >= 15 is 0 Å². The van der Waals surface area contributed by atoms with Gasteiger partial charge in [-0.2, -0.15) is 0 Å². The average molecular weight is 413 g/mol. The molecule has 0 fully saturated rings. The number of carbonyl (C=O) groups excluding carboxylic acids is 1. The minimum atomic E-state index is -0.140. The van der Waals surface area contributed by atoms with Crippen LogP contribution in [-0.2, 0) is 11.3 Å². The standard InChI is InChI=1S/C18H19BrClNO3/c1-12-8-14(19)9-15(20)18(12)24-11-17(22)21(2)10-13-6-4-5-7-16(13)23-3/h4-9H,10-11H2,1-3H3. The van der Waals surface area contributed by atoms with Crippen molar-refractivity contribution < 1.29 is 14.3 Å². The molecule has 2 aromatic rings. The lowest BCUT2D eigenvalue weighted by Gasteiger charge is -2.19. The molecule has 1 amide bonds. The van der Waals surface area contributed by atoms with Gasteiger partial charge in [0.15, 0.2) is 6.61 Å². The number of carbonyl (C=O) groups is 1. The van der Waals surface area contributed by atoms with Crippen LogP contribution in [0.5, 0.6) is 11.5 Å². The first-order valence-corrected chi connectivity index (χ1v) is 8.53. The fourth-order valence-corrected chi connectivity index (χ4v) is 3.32. The van der Waals surface area contributed by atoms with Gasteiger partial charge in [-0.25, -0.2) is 0 Å². The molecule has 0 spiro atoms. The van der Waals surface area contributed by atoms with Crippen molar-refractivity contribution in [2.75, 3.05) is 20.8 Å². The Labute approximate surface area is 155 Å². The Morgan fingerprint density at radius 3 is 2.67 bits per heavy atom. The molecule has 0 saturated carbocycles. The number of ether oxygens (including phenoxy) is 2. The van der Waals surface area contributed by atoms with Crippen molar-refractivity contribution in [1.29, 1.82) is 0 Å². The van der Waals surface area contributed by atoms with Crippen molar-refractivity contribution in [2.45, 2.75) is 13.5 Å². The lowest BCUT2D eigenvalue weighted by Crippen LogP contribution is -2.31. The highest BCUT2D eigenvalue weighted by Crippen LogP contribution is 2.32. The Balaban J connectivity index is 2.00. The number of aryl methyl sites for hydroxylation is 1. The van der Waals surface area contributed by atoms with E-state index < -0.39 is 0 Å². The van der Waals surface area contributed by atoms with E-state index in [1.54, 1.807) is 25.1 Å². The molecule has 0 radical (unpaired) electrons. The predicted octanol–water partition coefficient (Wildman–Crippen LogP) is 4.46. The minimum absolute atomic E-state index is 0.0756. The second-order valence-electron chi connectivity index (χ2n) is 5.38. The van der Waals surface area contributed by atoms with Crippen LogP contribution < -0.4 is 9.47 Å². The molecule has 4 nitrogen and oxygen atoms in total. The van der Waals surface area contributed by atoms with Crippen LogP contribution in [0.4, 0.5) is 0 Å². The molecule has 0 aliphatic rings. The van der Waals surface area contributed by atoms with E-state index in [9.17, 15) is 4.79 Å². The van der Waals surface area contributed by atoms with E-state index in [1.165, 1.54) is 0 Å². The monoisotopic (exact) mass is 411 g/mol. The molecule has 24 heavy (non-hydrogen) atoms. The van der Waals surface area contributed by atoms with Gasteiger partial charge in [0.25, 0.3) is 5.91 Å². The third-order valence-corrected chi connectivity index (χ3v) is 4.30. The summed E-state index contributed by atoms with van der Waals surface area (Å²) >= 11 is 9.54. The van der Waals surface area contributed by atoms with Crippen LogP contribution >= 0.6 is 27.5 Å². The normalized spacial score (nSPS) is 10.4. The number of hydrogen-bond acceptors (Lipinski definition) is 3. The lowest BCUT2D eigenvalue weighted by molar-refractivity contribution is -0.132. The van der Waals surface area contributed by atoms with Gasteiger partial charge in [0.1, 0.15) is 11.5 Å². The third-order valence-electron chi connectivity index (χ3n) is 3.56. The highest BCUT2D eigenvalue weighted by molar-refractivity contribution is 9.10. The molecule has 6 heteroatoms. The smallest absolute Gasteiger partial charge is 0.260 e. The van der Waals surface area contributed by atoms with Gasteiger partial charge in [-0.15, -0.1) is 0 Å². The zero-order chi connectivity index (χ0) is 17.7. The van der Waals surface area contributed by atoms with Crippen molar-refractivity contribution in [3.8, 4) is 11.5 Å². The number of benzene rings is 2. The number of hydrogen-bond donors (Lipinski definition) is 0. The van der Waals surface area contributed by atoms with Crippen molar-refractivity contribution >= 4 is 33.4 Å². The first kappa shape index (κ1) is 18.6. The summed E-state index contributed by atoms with van der Waals surface area (Å²) in [7, 11) is 3.34. The Bertz CT molecular complexity index is 713. The molecule has 128 valence electrons. The topological polar surface area (TPSA) is 38.8 Å². The Hall–Kier alpha value is -1.72. The Kier molecular flexibility index (Phi) is 6.52. The molecule has 0 atom stereocenters. The number of rotatable bonds is 6. The van der Waals surface area contributed by atoms with Gasteiger partial charge in [0.05, 0.1) is 12.1 Å². The van der Waals surface area contributed by atoms with E-state index in [0.29, 0.717) is 17.3 Å². The van der Waals surface area contributed by atoms with Crippen LogP contribution in [0.3, 0.4) is 0 Å². The van der Waals surface area contributed by atoms with Crippen LogP contribution in [0.15, 0.2) is 40.9 Å². The highest BCUT2D eigenvalue weighted by atomic mass is 79.9. The average Bonchev–Trinajstić information content (AvgIpc) is 2.54. The second kappa shape index (κ2) is 8.40. The quantitative estimate of drug-likeness (QED) is 0.703. The van der Waals surface area contributed by atoms with Crippen LogP contribution in [-0.4, -0.2) is 31.6 Å². The van der Waals surface area contributed by atoms with E-state index in [4.69, 9.17) is 21.1 Å². The third kappa shape index (κ3) is 4.65. The van der Waals surface area contributed by atoms with Gasteiger partial charge in [-0.1, -0.05) is 45.7 Å². The number of likely N-dealkylation sites (N-methyl/N-ethyl adjacent to an activating group) is 1. The zero-order valence-corrected chi connectivity index (χ0v) is 16.1. The van der Waals surface area contributed by atoms with Crippen LogP contribution in [0.25, 0.3) is 0 Å². The van der Waals surface area contributed by atoms with Gasteiger partial charge < -0.3 is 14.4 Å². The van der Waals surface area contributed by atoms with Crippen molar-refractivity contribution in [2.24, 2.45) is 0 Å². The van der Waals surface area contributed by atoms with E-state index in [-0.39, 0.29) is 12.5 Å². The highest BCUT2D eigenvalue weighted by Gasteiger charge is 2.14. The number of halogens is 2. The van der Waals surface area contributed by atoms with Gasteiger partial charge in [0, 0.05) is 23.6 Å². The zero-order valence-electron chi connectivity index (χ0n) is 13.8. The maximum Gasteiger partial charge on any atom is 0.260 e.